The molecule has 0 unspecified atom stereocenters. The summed E-state index contributed by atoms with van der Waals surface area (Å²) in [5.41, 5.74) is 0. The molecule has 0 spiro atoms. The lowest BCUT2D eigenvalue weighted by atomic mass is 10.5. The van der Waals surface area contributed by atoms with E-state index in [1.54, 1.807) is 0 Å². The molecule has 0 atom stereocenters. The van der Waals surface area contributed by atoms with Crippen LogP contribution in [-0.4, -0.2) is 11.8 Å². The summed E-state index contributed by atoms with van der Waals surface area (Å²) < 4.78 is 4.19. The lowest BCUT2D eigenvalue weighted by Gasteiger charge is -1.86. The number of rotatable bonds is 1. The van der Waals surface area contributed by atoms with Crippen LogP contribution in [0.2, 0.25) is 0 Å². The van der Waals surface area contributed by atoms with Crippen molar-refractivity contribution in [2.24, 2.45) is 0 Å². The molecule has 0 aliphatic carbocycles. The van der Waals surface area contributed by atoms with Gasteiger partial charge in [0.2, 0.25) is 5.78 Å². The van der Waals surface area contributed by atoms with Crippen molar-refractivity contribution in [2.45, 2.75) is 20.3 Å². The van der Waals surface area contributed by atoms with Gasteiger partial charge in [-0.1, -0.05) is 12.8 Å². The first-order valence-electron chi connectivity index (χ1n) is 2.88. The Morgan fingerprint density at radius 2 is 2.10 bits per heavy atom. The van der Waals surface area contributed by atoms with Gasteiger partial charge in [0, 0.05) is 13.3 Å². The van der Waals surface area contributed by atoms with Crippen LogP contribution >= 0.6 is 0 Å². The fraction of sp³-hybridized carbons (Fsp3) is 0.429. The van der Waals surface area contributed by atoms with E-state index in [9.17, 15) is 9.59 Å². The number of esters is 1. The highest BCUT2D eigenvalue weighted by molar-refractivity contribution is 6.32. The lowest BCUT2D eigenvalue weighted by molar-refractivity contribution is -0.147. The normalized spacial score (nSPS) is 7.40. The van der Waals surface area contributed by atoms with E-state index in [1.807, 2.05) is 6.92 Å². The molecule has 0 N–H and O–H groups in total. The molecule has 0 aromatic carbocycles. The molecule has 0 bridgehead atoms. The van der Waals surface area contributed by atoms with Gasteiger partial charge in [-0.25, -0.2) is 4.79 Å². The molecule has 0 aromatic heterocycles. The third-order valence-corrected chi connectivity index (χ3v) is 0.680. The number of hydrogen-bond acceptors (Lipinski definition) is 3. The Labute approximate surface area is 59.4 Å². The third-order valence-electron chi connectivity index (χ3n) is 0.680. The van der Waals surface area contributed by atoms with Crippen LogP contribution in [-0.2, 0) is 14.3 Å². The molecule has 0 saturated heterocycles. The zero-order valence-corrected chi connectivity index (χ0v) is 5.93. The van der Waals surface area contributed by atoms with Crippen molar-refractivity contribution >= 4 is 11.8 Å². The molecule has 0 aliphatic rings. The van der Waals surface area contributed by atoms with E-state index in [1.165, 1.54) is 0 Å². The van der Waals surface area contributed by atoms with Crippen LogP contribution in [0.3, 0.4) is 0 Å². The van der Waals surface area contributed by atoms with Crippen LogP contribution in [0.1, 0.15) is 20.3 Å². The summed E-state index contributed by atoms with van der Waals surface area (Å²) in [6, 6.07) is 0. The van der Waals surface area contributed by atoms with Gasteiger partial charge in [0.25, 0.3) is 0 Å². The molecule has 0 aromatic rings. The Balaban J connectivity index is 3.70. The van der Waals surface area contributed by atoms with Crippen LogP contribution in [0, 0.1) is 12.0 Å². The second-order valence-electron chi connectivity index (χ2n) is 1.58. The predicted molar refractivity (Wildman–Crippen MR) is 34.8 cm³/mol. The molecule has 0 aliphatic heterocycles. The van der Waals surface area contributed by atoms with Gasteiger partial charge in [0.05, 0.1) is 0 Å². The fourth-order valence-corrected chi connectivity index (χ4v) is 0.226. The quantitative estimate of drug-likeness (QED) is 0.302. The summed E-state index contributed by atoms with van der Waals surface area (Å²) in [5.74, 6) is 0.953. The van der Waals surface area contributed by atoms with E-state index in [4.69, 9.17) is 0 Å². The van der Waals surface area contributed by atoms with Gasteiger partial charge in [-0.2, -0.15) is 0 Å². The summed E-state index contributed by atoms with van der Waals surface area (Å²) in [4.78, 5) is 20.5. The SMILES string of the molecule is CCC#COC(=O)C(C)=O. The highest BCUT2D eigenvalue weighted by Gasteiger charge is 2.05. The van der Waals surface area contributed by atoms with Crippen molar-refractivity contribution in [1.82, 2.24) is 0 Å². The molecule has 0 fully saturated rings. The second kappa shape index (κ2) is 4.57. The van der Waals surface area contributed by atoms with Crippen molar-refractivity contribution in [3.8, 4) is 12.0 Å². The summed E-state index contributed by atoms with van der Waals surface area (Å²) >= 11 is 0. The van der Waals surface area contributed by atoms with Crippen molar-refractivity contribution in [3.05, 3.63) is 0 Å². The zero-order chi connectivity index (χ0) is 7.98. The van der Waals surface area contributed by atoms with Crippen molar-refractivity contribution in [2.75, 3.05) is 0 Å². The number of hydrogen-bond donors (Lipinski definition) is 0. The number of ketones is 1. The molecule has 10 heavy (non-hydrogen) atoms. The number of carbonyl (C=O) groups is 2. The third kappa shape index (κ3) is 3.67. The molecule has 3 heteroatoms. The number of carbonyl (C=O) groups excluding carboxylic acids is 2. The summed E-state index contributed by atoms with van der Waals surface area (Å²) in [7, 11) is 0. The fourth-order valence-electron chi connectivity index (χ4n) is 0.226. The van der Waals surface area contributed by atoms with Gasteiger partial charge in [-0.05, 0) is 0 Å². The Morgan fingerprint density at radius 3 is 2.50 bits per heavy atom. The molecule has 0 saturated carbocycles. The van der Waals surface area contributed by atoms with E-state index >= 15 is 0 Å². The van der Waals surface area contributed by atoms with Crippen molar-refractivity contribution in [1.29, 1.82) is 0 Å². The Morgan fingerprint density at radius 1 is 1.50 bits per heavy atom. The van der Waals surface area contributed by atoms with E-state index in [0.717, 1.165) is 6.92 Å². The average Bonchev–Trinajstić information content (AvgIpc) is 1.88. The molecule has 0 heterocycles. The largest absolute Gasteiger partial charge is 0.388 e. The summed E-state index contributed by atoms with van der Waals surface area (Å²) in [6.45, 7) is 2.95. The molecule has 0 radical (unpaired) electrons. The molecular weight excluding hydrogens is 132 g/mol. The maximum Gasteiger partial charge on any atom is 0.388 e. The zero-order valence-electron chi connectivity index (χ0n) is 5.93. The second-order valence-corrected chi connectivity index (χ2v) is 1.58. The van der Waals surface area contributed by atoms with E-state index in [-0.39, 0.29) is 0 Å². The minimum Gasteiger partial charge on any atom is -0.366 e. The Kier molecular flexibility index (Phi) is 3.97. The molecule has 3 nitrogen and oxygen atoms in total. The van der Waals surface area contributed by atoms with Crippen LogP contribution in [0.5, 0.6) is 0 Å². The summed E-state index contributed by atoms with van der Waals surface area (Å²) in [5, 5.41) is 0. The molecule has 0 rings (SSSR count). The van der Waals surface area contributed by atoms with Crippen LogP contribution in [0.25, 0.3) is 0 Å². The van der Waals surface area contributed by atoms with Crippen LogP contribution in [0.15, 0.2) is 0 Å². The minimum absolute atomic E-state index is 0.602. The molecule has 0 amide bonds. The first kappa shape index (κ1) is 8.70. The van der Waals surface area contributed by atoms with E-state index < -0.39 is 11.8 Å². The van der Waals surface area contributed by atoms with Gasteiger partial charge < -0.3 is 4.74 Å². The Hall–Kier alpha value is -1.30. The molecular formula is C7H8O3. The standard InChI is InChI=1S/C7H8O3/c1-3-4-5-10-7(9)6(2)8/h3H2,1-2H3. The lowest BCUT2D eigenvalue weighted by Crippen LogP contribution is -2.10. The topological polar surface area (TPSA) is 43.4 Å². The highest BCUT2D eigenvalue weighted by Crippen LogP contribution is 1.77. The monoisotopic (exact) mass is 140 g/mol. The van der Waals surface area contributed by atoms with Gasteiger partial charge in [0.15, 0.2) is 0 Å². The van der Waals surface area contributed by atoms with Crippen LogP contribution < -0.4 is 0 Å². The predicted octanol–water partition coefficient (Wildman–Crippen LogP) is 0.489. The van der Waals surface area contributed by atoms with E-state index in [0.29, 0.717) is 6.42 Å². The smallest absolute Gasteiger partial charge is 0.366 e. The maximum atomic E-state index is 10.3. The van der Waals surface area contributed by atoms with Crippen molar-refractivity contribution in [3.63, 3.8) is 0 Å². The van der Waals surface area contributed by atoms with Gasteiger partial charge in [-0.15, -0.1) is 0 Å². The maximum absolute atomic E-state index is 10.3. The first-order chi connectivity index (χ1) is 4.68. The van der Waals surface area contributed by atoms with Gasteiger partial charge in [0.1, 0.15) is 6.11 Å². The number of ether oxygens (including phenoxy) is 1. The minimum atomic E-state index is -0.902. The highest BCUT2D eigenvalue weighted by atomic mass is 16.5. The van der Waals surface area contributed by atoms with Gasteiger partial charge in [-0.3, -0.25) is 4.79 Å². The van der Waals surface area contributed by atoms with Gasteiger partial charge >= 0.3 is 5.97 Å². The average molecular weight is 140 g/mol. The van der Waals surface area contributed by atoms with Crippen LogP contribution in [0.4, 0.5) is 0 Å². The van der Waals surface area contributed by atoms with E-state index in [2.05, 4.69) is 16.8 Å². The first-order valence-corrected chi connectivity index (χ1v) is 2.88. The number of Topliss-reactive ketones (excluding diaryl/α,β-unsaturated/α-hetero) is 1. The Bertz CT molecular complexity index is 195. The summed E-state index contributed by atoms with van der Waals surface area (Å²) in [6.07, 6.45) is 2.70. The molecule has 54 valence electrons. The van der Waals surface area contributed by atoms with Crippen molar-refractivity contribution < 1.29 is 14.3 Å².